The van der Waals surface area contributed by atoms with Gasteiger partial charge in [0.25, 0.3) is 0 Å². The van der Waals surface area contributed by atoms with Crippen LogP contribution in [0.1, 0.15) is 18.9 Å². The smallest absolute Gasteiger partial charge is 0.234 e. The third kappa shape index (κ3) is 4.02. The molecule has 1 N–H and O–H groups in total. The Balaban J connectivity index is 1.49. The van der Waals surface area contributed by atoms with Gasteiger partial charge in [0.1, 0.15) is 11.6 Å². The van der Waals surface area contributed by atoms with Crippen LogP contribution in [-0.2, 0) is 4.79 Å². The Labute approximate surface area is 169 Å². The summed E-state index contributed by atoms with van der Waals surface area (Å²) in [6, 6.07) is 10.4. The molecule has 4 rings (SSSR count). The summed E-state index contributed by atoms with van der Waals surface area (Å²) in [5, 5.41) is 11.6. The van der Waals surface area contributed by atoms with Gasteiger partial charge in [-0.1, -0.05) is 35.5 Å². The molecular weight excluding hydrogens is 406 g/mol. The minimum Gasteiger partial charge on any atom is -0.324 e. The van der Waals surface area contributed by atoms with Crippen LogP contribution in [0, 0.1) is 11.6 Å². The summed E-state index contributed by atoms with van der Waals surface area (Å²) in [4.78, 5) is 12.2. The van der Waals surface area contributed by atoms with Crippen LogP contribution in [0.25, 0.3) is 11.4 Å². The number of halogens is 3. The topological polar surface area (TPSA) is 59.8 Å². The van der Waals surface area contributed by atoms with E-state index in [-0.39, 0.29) is 28.5 Å². The maximum Gasteiger partial charge on any atom is 0.234 e. The first-order valence-corrected chi connectivity index (χ1v) is 9.97. The van der Waals surface area contributed by atoms with Gasteiger partial charge in [0.05, 0.1) is 22.0 Å². The number of carbonyl (C=O) groups is 1. The van der Waals surface area contributed by atoms with E-state index in [1.54, 1.807) is 18.2 Å². The average Bonchev–Trinajstić information content (AvgIpc) is 3.42. The summed E-state index contributed by atoms with van der Waals surface area (Å²) in [5.74, 6) is -0.621. The number of nitrogens with one attached hydrogen (secondary N) is 1. The van der Waals surface area contributed by atoms with Gasteiger partial charge in [0, 0.05) is 6.04 Å². The molecule has 144 valence electrons. The monoisotopic (exact) mass is 420 g/mol. The van der Waals surface area contributed by atoms with Crippen molar-refractivity contribution in [2.45, 2.75) is 24.0 Å². The van der Waals surface area contributed by atoms with E-state index >= 15 is 0 Å². The molecule has 0 aliphatic heterocycles. The predicted octanol–water partition coefficient (Wildman–Crippen LogP) is 4.94. The van der Waals surface area contributed by atoms with Crippen LogP contribution in [0.5, 0.6) is 0 Å². The van der Waals surface area contributed by atoms with Gasteiger partial charge >= 0.3 is 0 Å². The quantitative estimate of drug-likeness (QED) is 0.573. The predicted molar refractivity (Wildman–Crippen MR) is 104 cm³/mol. The SMILES string of the molecule is O=C(CSc1nnc(-c2ccccc2F)n1C1CC1)Nc1ccc(F)cc1Cl. The fourth-order valence-corrected chi connectivity index (χ4v) is 3.79. The summed E-state index contributed by atoms with van der Waals surface area (Å²) in [5.41, 5.74) is 0.723. The van der Waals surface area contributed by atoms with E-state index in [0.29, 0.717) is 22.2 Å². The fourth-order valence-electron chi connectivity index (χ4n) is 2.77. The second-order valence-electron chi connectivity index (χ2n) is 6.35. The van der Waals surface area contributed by atoms with Crippen LogP contribution in [-0.4, -0.2) is 26.4 Å². The molecule has 9 heteroatoms. The maximum atomic E-state index is 14.2. The van der Waals surface area contributed by atoms with E-state index in [1.165, 1.54) is 30.0 Å². The van der Waals surface area contributed by atoms with E-state index in [9.17, 15) is 13.6 Å². The molecule has 1 amide bonds. The molecule has 3 aromatic rings. The van der Waals surface area contributed by atoms with Crippen molar-refractivity contribution in [3.05, 3.63) is 59.1 Å². The lowest BCUT2D eigenvalue weighted by Crippen LogP contribution is -2.15. The lowest BCUT2D eigenvalue weighted by molar-refractivity contribution is -0.113. The summed E-state index contributed by atoms with van der Waals surface area (Å²) < 4.78 is 29.2. The molecule has 0 bridgehead atoms. The highest BCUT2D eigenvalue weighted by Crippen LogP contribution is 2.41. The number of hydrogen-bond acceptors (Lipinski definition) is 4. The molecule has 0 atom stereocenters. The van der Waals surface area contributed by atoms with Gasteiger partial charge in [0.15, 0.2) is 11.0 Å². The number of aromatic nitrogens is 3. The van der Waals surface area contributed by atoms with Crippen molar-refractivity contribution in [2.24, 2.45) is 0 Å². The van der Waals surface area contributed by atoms with Gasteiger partial charge in [-0.3, -0.25) is 9.36 Å². The Bertz CT molecular complexity index is 1040. The van der Waals surface area contributed by atoms with E-state index in [0.717, 1.165) is 18.9 Å². The fraction of sp³-hybridized carbons (Fsp3) is 0.211. The number of thioether (sulfide) groups is 1. The molecule has 1 aliphatic carbocycles. The first-order valence-electron chi connectivity index (χ1n) is 8.60. The molecule has 5 nitrogen and oxygen atoms in total. The van der Waals surface area contributed by atoms with Crippen LogP contribution in [0.3, 0.4) is 0 Å². The van der Waals surface area contributed by atoms with Crippen molar-refractivity contribution in [3.8, 4) is 11.4 Å². The first-order chi connectivity index (χ1) is 13.5. The van der Waals surface area contributed by atoms with Crippen molar-refractivity contribution >= 4 is 35.0 Å². The highest BCUT2D eigenvalue weighted by Gasteiger charge is 2.31. The second kappa shape index (κ2) is 7.89. The zero-order valence-corrected chi connectivity index (χ0v) is 16.1. The van der Waals surface area contributed by atoms with Crippen LogP contribution < -0.4 is 5.32 Å². The third-order valence-corrected chi connectivity index (χ3v) is 5.48. The molecule has 2 aromatic carbocycles. The van der Waals surface area contributed by atoms with Gasteiger partial charge in [-0.2, -0.15) is 0 Å². The number of carbonyl (C=O) groups excluding carboxylic acids is 1. The molecule has 1 aliphatic rings. The molecule has 1 saturated carbocycles. The zero-order valence-electron chi connectivity index (χ0n) is 14.5. The molecule has 1 heterocycles. The molecule has 0 radical (unpaired) electrons. The Hall–Kier alpha value is -2.45. The van der Waals surface area contributed by atoms with Crippen molar-refractivity contribution in [1.82, 2.24) is 14.8 Å². The Kier molecular flexibility index (Phi) is 5.32. The standard InChI is InChI=1S/C19H15ClF2N4OS/c20-14-9-11(21)5-8-16(14)23-17(27)10-28-19-25-24-18(26(19)12-6-7-12)13-3-1-2-4-15(13)22/h1-5,8-9,12H,6-7,10H2,(H,23,27). The molecule has 1 aromatic heterocycles. The molecule has 1 fully saturated rings. The number of rotatable bonds is 6. The second-order valence-corrected chi connectivity index (χ2v) is 7.70. The summed E-state index contributed by atoms with van der Waals surface area (Å²) in [7, 11) is 0. The molecular formula is C19H15ClF2N4OS. The average molecular weight is 421 g/mol. The van der Waals surface area contributed by atoms with Gasteiger partial charge in [-0.05, 0) is 43.2 Å². The van der Waals surface area contributed by atoms with Gasteiger partial charge < -0.3 is 5.32 Å². The highest BCUT2D eigenvalue weighted by atomic mass is 35.5. The van der Waals surface area contributed by atoms with E-state index in [2.05, 4.69) is 15.5 Å². The number of amides is 1. The zero-order chi connectivity index (χ0) is 19.7. The highest BCUT2D eigenvalue weighted by molar-refractivity contribution is 7.99. The molecule has 0 saturated heterocycles. The molecule has 0 spiro atoms. The molecule has 0 unspecified atom stereocenters. The lowest BCUT2D eigenvalue weighted by atomic mass is 10.2. The van der Waals surface area contributed by atoms with Gasteiger partial charge in [-0.15, -0.1) is 10.2 Å². The van der Waals surface area contributed by atoms with Crippen LogP contribution >= 0.6 is 23.4 Å². The largest absolute Gasteiger partial charge is 0.324 e. The van der Waals surface area contributed by atoms with Crippen molar-refractivity contribution in [3.63, 3.8) is 0 Å². The van der Waals surface area contributed by atoms with E-state index in [1.807, 2.05) is 4.57 Å². The summed E-state index contributed by atoms with van der Waals surface area (Å²) in [6.07, 6.45) is 1.93. The van der Waals surface area contributed by atoms with Crippen LogP contribution in [0.15, 0.2) is 47.6 Å². The van der Waals surface area contributed by atoms with Gasteiger partial charge in [0.2, 0.25) is 5.91 Å². The van der Waals surface area contributed by atoms with Crippen LogP contribution in [0.4, 0.5) is 14.5 Å². The third-order valence-electron chi connectivity index (χ3n) is 4.23. The van der Waals surface area contributed by atoms with Crippen molar-refractivity contribution in [2.75, 3.05) is 11.1 Å². The minimum atomic E-state index is -0.476. The summed E-state index contributed by atoms with van der Waals surface area (Å²) in [6.45, 7) is 0. The summed E-state index contributed by atoms with van der Waals surface area (Å²) >= 11 is 7.14. The number of nitrogens with zero attached hydrogens (tertiary/aromatic N) is 3. The van der Waals surface area contributed by atoms with Gasteiger partial charge in [-0.25, -0.2) is 8.78 Å². The lowest BCUT2D eigenvalue weighted by Gasteiger charge is -2.10. The van der Waals surface area contributed by atoms with Crippen molar-refractivity contribution < 1.29 is 13.6 Å². The Morgan fingerprint density at radius 3 is 2.71 bits per heavy atom. The Morgan fingerprint density at radius 1 is 1.21 bits per heavy atom. The molecule has 28 heavy (non-hydrogen) atoms. The van der Waals surface area contributed by atoms with Crippen molar-refractivity contribution in [1.29, 1.82) is 0 Å². The number of hydrogen-bond donors (Lipinski definition) is 1. The Morgan fingerprint density at radius 2 is 2.00 bits per heavy atom. The van der Waals surface area contributed by atoms with E-state index < -0.39 is 5.82 Å². The maximum absolute atomic E-state index is 14.2. The number of benzene rings is 2. The first kappa shape index (κ1) is 18.9. The van der Waals surface area contributed by atoms with Crippen LogP contribution in [0.2, 0.25) is 5.02 Å². The normalized spacial score (nSPS) is 13.5. The number of anilines is 1. The van der Waals surface area contributed by atoms with E-state index in [4.69, 9.17) is 11.6 Å². The minimum absolute atomic E-state index is 0.0653.